The van der Waals surface area contributed by atoms with Crippen LogP contribution in [0.2, 0.25) is 9.36 Å². The first-order chi connectivity index (χ1) is 10.9. The van der Waals surface area contributed by atoms with Gasteiger partial charge < -0.3 is 4.98 Å². The highest BCUT2D eigenvalue weighted by molar-refractivity contribution is 7.91. The topological polar surface area (TPSA) is 53.2 Å². The number of sulfonamides is 1. The molecule has 0 bridgehead atoms. The molecule has 1 aliphatic heterocycles. The second-order valence-electron chi connectivity index (χ2n) is 5.42. The Labute approximate surface area is 147 Å². The number of benzene rings is 1. The molecule has 4 rings (SSSR count). The lowest BCUT2D eigenvalue weighted by Crippen LogP contribution is -2.35. The summed E-state index contributed by atoms with van der Waals surface area (Å²) in [6.45, 7) is 0.791. The zero-order chi connectivity index (χ0) is 16.2. The third-order valence-corrected chi connectivity index (χ3v) is 7.82. The van der Waals surface area contributed by atoms with Crippen molar-refractivity contribution >= 4 is 55.5 Å². The van der Waals surface area contributed by atoms with Crippen molar-refractivity contribution in [3.05, 3.63) is 50.9 Å². The van der Waals surface area contributed by atoms with Crippen LogP contribution in [-0.2, 0) is 23.0 Å². The van der Waals surface area contributed by atoms with Crippen LogP contribution in [0.4, 0.5) is 0 Å². The molecule has 1 N–H and O–H groups in total. The van der Waals surface area contributed by atoms with E-state index in [0.29, 0.717) is 28.9 Å². The lowest BCUT2D eigenvalue weighted by molar-refractivity contribution is 0.392. The highest BCUT2D eigenvalue weighted by atomic mass is 35.5. The maximum absolute atomic E-state index is 12.8. The van der Waals surface area contributed by atoms with E-state index in [2.05, 4.69) is 4.98 Å². The summed E-state index contributed by atoms with van der Waals surface area (Å²) in [7, 11) is -3.52. The Hall–Kier alpha value is -1.05. The standard InChI is InChI=1S/C15H12Cl2N2O2S2/c16-9-1-2-12-10(7-9)11-8-19(6-5-13(11)18-12)23(20,21)15-4-3-14(17)22-15/h1-4,7,18H,5-6,8H2. The van der Waals surface area contributed by atoms with Crippen LogP contribution in [0.15, 0.2) is 34.5 Å². The average Bonchev–Trinajstić information content (AvgIpc) is 3.10. The van der Waals surface area contributed by atoms with Crippen molar-refractivity contribution in [2.75, 3.05) is 6.54 Å². The Balaban J connectivity index is 1.76. The van der Waals surface area contributed by atoms with Crippen molar-refractivity contribution < 1.29 is 8.42 Å². The number of hydrogen-bond acceptors (Lipinski definition) is 3. The number of nitrogens with one attached hydrogen (secondary N) is 1. The highest BCUT2D eigenvalue weighted by Crippen LogP contribution is 2.34. The van der Waals surface area contributed by atoms with E-state index in [1.54, 1.807) is 12.1 Å². The van der Waals surface area contributed by atoms with E-state index in [4.69, 9.17) is 23.2 Å². The van der Waals surface area contributed by atoms with Gasteiger partial charge in [0.1, 0.15) is 4.21 Å². The molecule has 3 heterocycles. The van der Waals surface area contributed by atoms with Crippen molar-refractivity contribution in [3.8, 4) is 0 Å². The fourth-order valence-electron chi connectivity index (χ4n) is 2.93. The molecule has 0 fully saturated rings. The van der Waals surface area contributed by atoms with Gasteiger partial charge >= 0.3 is 0 Å². The Morgan fingerprint density at radius 2 is 2.00 bits per heavy atom. The van der Waals surface area contributed by atoms with Gasteiger partial charge in [0.2, 0.25) is 0 Å². The van der Waals surface area contributed by atoms with Crippen LogP contribution in [0.5, 0.6) is 0 Å². The highest BCUT2D eigenvalue weighted by Gasteiger charge is 2.31. The van der Waals surface area contributed by atoms with E-state index in [0.717, 1.165) is 33.5 Å². The molecule has 1 aliphatic rings. The second-order valence-corrected chi connectivity index (χ2v) is 9.74. The zero-order valence-electron chi connectivity index (χ0n) is 11.8. The number of nitrogens with zero attached hydrogens (tertiary/aromatic N) is 1. The molecule has 0 atom stereocenters. The Morgan fingerprint density at radius 1 is 1.17 bits per heavy atom. The van der Waals surface area contributed by atoms with Crippen LogP contribution < -0.4 is 0 Å². The van der Waals surface area contributed by atoms with Crippen molar-refractivity contribution in [1.82, 2.24) is 9.29 Å². The van der Waals surface area contributed by atoms with Gasteiger partial charge in [-0.05, 0) is 35.9 Å². The fraction of sp³-hybridized carbons (Fsp3) is 0.200. The SMILES string of the molecule is O=S(=O)(c1ccc(Cl)s1)N1CCc2[nH]c3ccc(Cl)cc3c2C1. The van der Waals surface area contributed by atoms with E-state index in [1.807, 2.05) is 18.2 Å². The molecule has 0 amide bonds. The van der Waals surface area contributed by atoms with Gasteiger partial charge in [0.25, 0.3) is 10.0 Å². The predicted octanol–water partition coefficient (Wildman–Crippen LogP) is 4.28. The molecule has 23 heavy (non-hydrogen) atoms. The number of hydrogen-bond donors (Lipinski definition) is 1. The van der Waals surface area contributed by atoms with Gasteiger partial charge in [0.05, 0.1) is 4.34 Å². The summed E-state index contributed by atoms with van der Waals surface area (Å²) in [4.78, 5) is 3.36. The number of H-pyrrole nitrogens is 1. The summed E-state index contributed by atoms with van der Waals surface area (Å²) in [5.41, 5.74) is 3.07. The third kappa shape index (κ3) is 2.58. The molecule has 4 nitrogen and oxygen atoms in total. The van der Waals surface area contributed by atoms with Crippen molar-refractivity contribution in [2.45, 2.75) is 17.2 Å². The minimum absolute atomic E-state index is 0.281. The van der Waals surface area contributed by atoms with Gasteiger partial charge in [-0.25, -0.2) is 8.42 Å². The number of fused-ring (bicyclic) bond motifs is 3. The quantitative estimate of drug-likeness (QED) is 0.714. The number of aromatic nitrogens is 1. The first-order valence-electron chi connectivity index (χ1n) is 6.99. The molecule has 0 saturated carbocycles. The largest absolute Gasteiger partial charge is 0.358 e. The number of aromatic amines is 1. The molecule has 0 spiro atoms. The summed E-state index contributed by atoms with van der Waals surface area (Å²) in [5.74, 6) is 0. The molecule has 0 aliphatic carbocycles. The maximum Gasteiger partial charge on any atom is 0.252 e. The summed E-state index contributed by atoms with van der Waals surface area (Å²) < 4.78 is 27.8. The predicted molar refractivity (Wildman–Crippen MR) is 93.9 cm³/mol. The fourth-order valence-corrected chi connectivity index (χ4v) is 6.15. The van der Waals surface area contributed by atoms with Crippen molar-refractivity contribution in [3.63, 3.8) is 0 Å². The van der Waals surface area contributed by atoms with Crippen LogP contribution in [0.1, 0.15) is 11.3 Å². The van der Waals surface area contributed by atoms with Gasteiger partial charge in [-0.3, -0.25) is 0 Å². The Kier molecular flexibility index (Phi) is 3.70. The summed E-state index contributed by atoms with van der Waals surface area (Å²) in [6.07, 6.45) is 0.653. The molecule has 1 aromatic carbocycles. The molecule has 2 aromatic heterocycles. The van der Waals surface area contributed by atoms with E-state index in [-0.39, 0.29) is 4.21 Å². The number of halogens is 2. The summed E-state index contributed by atoms with van der Waals surface area (Å²) >= 11 is 13.0. The zero-order valence-corrected chi connectivity index (χ0v) is 15.0. The number of rotatable bonds is 2. The average molecular weight is 387 g/mol. The van der Waals surface area contributed by atoms with E-state index >= 15 is 0 Å². The van der Waals surface area contributed by atoms with Gasteiger partial charge in [-0.15, -0.1) is 11.3 Å². The molecule has 0 unspecified atom stereocenters. The first kappa shape index (κ1) is 15.5. The van der Waals surface area contributed by atoms with Crippen LogP contribution in [0.25, 0.3) is 10.9 Å². The molecular weight excluding hydrogens is 375 g/mol. The third-order valence-electron chi connectivity index (χ3n) is 4.04. The van der Waals surface area contributed by atoms with Gasteiger partial charge in [-0.2, -0.15) is 4.31 Å². The minimum atomic E-state index is -3.52. The van der Waals surface area contributed by atoms with Gasteiger partial charge in [0.15, 0.2) is 0 Å². The van der Waals surface area contributed by atoms with E-state index in [9.17, 15) is 8.42 Å². The lowest BCUT2D eigenvalue weighted by Gasteiger charge is -2.25. The maximum atomic E-state index is 12.8. The lowest BCUT2D eigenvalue weighted by atomic mass is 10.1. The molecule has 0 radical (unpaired) electrons. The number of thiophene rings is 1. The van der Waals surface area contributed by atoms with Gasteiger partial charge in [-0.1, -0.05) is 23.2 Å². The van der Waals surface area contributed by atoms with Crippen molar-refractivity contribution in [1.29, 1.82) is 0 Å². The van der Waals surface area contributed by atoms with Crippen LogP contribution in [0, 0.1) is 0 Å². The van der Waals surface area contributed by atoms with Crippen LogP contribution in [0.3, 0.4) is 0 Å². The molecular formula is C15H12Cl2N2O2S2. The smallest absolute Gasteiger partial charge is 0.252 e. The van der Waals surface area contributed by atoms with E-state index in [1.165, 1.54) is 4.31 Å². The van der Waals surface area contributed by atoms with Gasteiger partial charge in [0, 0.05) is 41.1 Å². The first-order valence-corrected chi connectivity index (χ1v) is 10.0. The Morgan fingerprint density at radius 3 is 2.74 bits per heavy atom. The van der Waals surface area contributed by atoms with Crippen LogP contribution in [-0.4, -0.2) is 24.3 Å². The normalized spacial score (nSPS) is 15.9. The van der Waals surface area contributed by atoms with Crippen molar-refractivity contribution in [2.24, 2.45) is 0 Å². The summed E-state index contributed by atoms with van der Waals surface area (Å²) in [5, 5.41) is 1.63. The molecule has 0 saturated heterocycles. The van der Waals surface area contributed by atoms with Crippen LogP contribution >= 0.6 is 34.5 Å². The minimum Gasteiger partial charge on any atom is -0.358 e. The summed E-state index contributed by atoms with van der Waals surface area (Å²) in [6, 6.07) is 8.80. The molecule has 8 heteroatoms. The molecule has 120 valence electrons. The van der Waals surface area contributed by atoms with E-state index < -0.39 is 10.0 Å². The monoisotopic (exact) mass is 386 g/mol. The molecule has 3 aromatic rings. The second kappa shape index (κ2) is 5.50. The Bertz CT molecular complexity index is 1010.